The zero-order valence-corrected chi connectivity index (χ0v) is 11.6. The predicted octanol–water partition coefficient (Wildman–Crippen LogP) is -0.229. The van der Waals surface area contributed by atoms with E-state index in [1.807, 2.05) is 17.7 Å². The van der Waals surface area contributed by atoms with Gasteiger partial charge < -0.3 is 15.0 Å². The summed E-state index contributed by atoms with van der Waals surface area (Å²) < 4.78 is 8.39. The maximum atomic E-state index is 11.6. The number of imidazole rings is 1. The zero-order chi connectivity index (χ0) is 14.5. The fraction of sp³-hybridized carbons (Fsp3) is 0.500. The monoisotopic (exact) mass is 278 g/mol. The molecule has 2 heterocycles. The van der Waals surface area contributed by atoms with Gasteiger partial charge in [0.15, 0.2) is 5.69 Å². The molecular weight excluding hydrogens is 260 g/mol. The van der Waals surface area contributed by atoms with Crippen LogP contribution in [-0.2, 0) is 24.2 Å². The standard InChI is InChI=1S/C12H18N6O2/c1-9-14-5-6-17(9)7-8-18-10(3-4-13)11(15-16-18)12(19)20-2/h5-6H,3-4,7-8,13H2,1-2H3. The highest BCUT2D eigenvalue weighted by molar-refractivity contribution is 5.88. The Balaban J connectivity index is 2.17. The highest BCUT2D eigenvalue weighted by atomic mass is 16.5. The molecule has 0 fully saturated rings. The number of ether oxygens (including phenoxy) is 1. The molecule has 0 unspecified atom stereocenters. The second-order valence-electron chi connectivity index (χ2n) is 4.31. The summed E-state index contributed by atoms with van der Waals surface area (Å²) in [5.74, 6) is 0.442. The van der Waals surface area contributed by atoms with Crippen molar-refractivity contribution in [2.45, 2.75) is 26.4 Å². The van der Waals surface area contributed by atoms with E-state index in [4.69, 9.17) is 10.5 Å². The van der Waals surface area contributed by atoms with E-state index in [0.29, 0.717) is 31.7 Å². The van der Waals surface area contributed by atoms with Gasteiger partial charge in [0.25, 0.3) is 0 Å². The van der Waals surface area contributed by atoms with Crippen LogP contribution in [0.4, 0.5) is 0 Å². The summed E-state index contributed by atoms with van der Waals surface area (Å²) in [6.45, 7) is 3.65. The first kappa shape index (κ1) is 14.2. The molecule has 2 aromatic rings. The normalized spacial score (nSPS) is 10.8. The fourth-order valence-corrected chi connectivity index (χ4v) is 1.99. The molecule has 2 aromatic heterocycles. The van der Waals surface area contributed by atoms with Crippen molar-refractivity contribution in [1.82, 2.24) is 24.5 Å². The molecule has 0 bridgehead atoms. The number of rotatable bonds is 6. The fourth-order valence-electron chi connectivity index (χ4n) is 1.99. The molecule has 0 radical (unpaired) electrons. The minimum Gasteiger partial charge on any atom is -0.464 e. The van der Waals surface area contributed by atoms with E-state index in [1.165, 1.54) is 7.11 Å². The van der Waals surface area contributed by atoms with Crippen molar-refractivity contribution in [3.63, 3.8) is 0 Å². The highest BCUT2D eigenvalue weighted by Gasteiger charge is 2.19. The van der Waals surface area contributed by atoms with Gasteiger partial charge in [-0.25, -0.2) is 14.5 Å². The third-order valence-electron chi connectivity index (χ3n) is 3.07. The summed E-state index contributed by atoms with van der Waals surface area (Å²) in [6, 6.07) is 0. The minimum atomic E-state index is -0.487. The second-order valence-corrected chi connectivity index (χ2v) is 4.31. The molecule has 0 aromatic carbocycles. The average molecular weight is 278 g/mol. The van der Waals surface area contributed by atoms with Crippen LogP contribution in [0.2, 0.25) is 0 Å². The quantitative estimate of drug-likeness (QED) is 0.732. The Bertz CT molecular complexity index is 589. The first-order valence-corrected chi connectivity index (χ1v) is 6.35. The lowest BCUT2D eigenvalue weighted by Crippen LogP contribution is -2.16. The molecule has 0 saturated carbocycles. The van der Waals surface area contributed by atoms with Crippen LogP contribution in [0.3, 0.4) is 0 Å². The topological polar surface area (TPSA) is 101 Å². The van der Waals surface area contributed by atoms with Gasteiger partial charge in [0.1, 0.15) is 5.82 Å². The van der Waals surface area contributed by atoms with Gasteiger partial charge in [-0.3, -0.25) is 0 Å². The Kier molecular flexibility index (Phi) is 4.46. The molecule has 0 aliphatic heterocycles. The maximum Gasteiger partial charge on any atom is 0.360 e. The first-order valence-electron chi connectivity index (χ1n) is 6.35. The average Bonchev–Trinajstić information content (AvgIpc) is 3.03. The molecule has 0 saturated heterocycles. The number of hydrogen-bond acceptors (Lipinski definition) is 6. The van der Waals surface area contributed by atoms with E-state index in [-0.39, 0.29) is 5.69 Å². The van der Waals surface area contributed by atoms with E-state index in [9.17, 15) is 4.79 Å². The number of carbonyl (C=O) groups is 1. The van der Waals surface area contributed by atoms with Gasteiger partial charge in [-0.1, -0.05) is 5.21 Å². The minimum absolute atomic E-state index is 0.236. The van der Waals surface area contributed by atoms with Crippen molar-refractivity contribution in [3.8, 4) is 0 Å². The second kappa shape index (κ2) is 6.29. The van der Waals surface area contributed by atoms with Crippen LogP contribution >= 0.6 is 0 Å². The van der Waals surface area contributed by atoms with Gasteiger partial charge in [0, 0.05) is 25.4 Å². The maximum absolute atomic E-state index is 11.6. The smallest absolute Gasteiger partial charge is 0.360 e. The summed E-state index contributed by atoms with van der Waals surface area (Å²) in [4.78, 5) is 15.8. The molecule has 0 atom stereocenters. The van der Waals surface area contributed by atoms with Crippen molar-refractivity contribution in [1.29, 1.82) is 0 Å². The van der Waals surface area contributed by atoms with Crippen molar-refractivity contribution < 1.29 is 9.53 Å². The molecule has 8 heteroatoms. The summed E-state index contributed by atoms with van der Waals surface area (Å²) in [5, 5.41) is 7.90. The predicted molar refractivity (Wildman–Crippen MR) is 71.1 cm³/mol. The highest BCUT2D eigenvalue weighted by Crippen LogP contribution is 2.08. The van der Waals surface area contributed by atoms with Crippen LogP contribution in [0, 0.1) is 6.92 Å². The first-order chi connectivity index (χ1) is 9.67. The van der Waals surface area contributed by atoms with Crippen molar-refractivity contribution in [2.75, 3.05) is 13.7 Å². The Labute approximate surface area is 116 Å². The largest absolute Gasteiger partial charge is 0.464 e. The van der Waals surface area contributed by atoms with Gasteiger partial charge in [0.05, 0.1) is 19.3 Å². The summed E-state index contributed by atoms with van der Waals surface area (Å²) in [6.07, 6.45) is 4.17. The van der Waals surface area contributed by atoms with Gasteiger partial charge >= 0.3 is 5.97 Å². The molecule has 2 rings (SSSR count). The van der Waals surface area contributed by atoms with E-state index in [1.54, 1.807) is 10.9 Å². The van der Waals surface area contributed by atoms with E-state index >= 15 is 0 Å². The molecule has 0 aliphatic carbocycles. The molecule has 0 spiro atoms. The molecular formula is C12H18N6O2. The van der Waals surface area contributed by atoms with Crippen molar-refractivity contribution in [3.05, 3.63) is 29.6 Å². The zero-order valence-electron chi connectivity index (χ0n) is 11.6. The lowest BCUT2D eigenvalue weighted by molar-refractivity contribution is 0.0592. The van der Waals surface area contributed by atoms with Crippen LogP contribution in [0.15, 0.2) is 12.4 Å². The Hall–Kier alpha value is -2.22. The number of aryl methyl sites for hydroxylation is 3. The van der Waals surface area contributed by atoms with Crippen molar-refractivity contribution >= 4 is 5.97 Å². The van der Waals surface area contributed by atoms with Gasteiger partial charge in [-0.15, -0.1) is 5.10 Å². The SMILES string of the molecule is COC(=O)c1nnn(CCn2ccnc2C)c1CCN. The number of aromatic nitrogens is 5. The van der Waals surface area contributed by atoms with Crippen LogP contribution < -0.4 is 5.73 Å². The van der Waals surface area contributed by atoms with Crippen LogP contribution in [0.1, 0.15) is 22.0 Å². The summed E-state index contributed by atoms with van der Waals surface area (Å²) in [5.41, 5.74) is 6.52. The summed E-state index contributed by atoms with van der Waals surface area (Å²) >= 11 is 0. The molecule has 8 nitrogen and oxygen atoms in total. The molecule has 2 N–H and O–H groups in total. The third-order valence-corrected chi connectivity index (χ3v) is 3.07. The van der Waals surface area contributed by atoms with Gasteiger partial charge in [-0.05, 0) is 13.5 Å². The third kappa shape index (κ3) is 2.85. The lowest BCUT2D eigenvalue weighted by Gasteiger charge is -2.08. The number of nitrogens with zero attached hydrogens (tertiary/aromatic N) is 5. The van der Waals surface area contributed by atoms with Crippen molar-refractivity contribution in [2.24, 2.45) is 5.73 Å². The lowest BCUT2D eigenvalue weighted by atomic mass is 10.2. The number of carbonyl (C=O) groups excluding carboxylic acids is 1. The van der Waals surface area contributed by atoms with Gasteiger partial charge in [-0.2, -0.15) is 0 Å². The molecule has 0 aliphatic rings. The number of nitrogens with two attached hydrogens (primary N) is 1. The Morgan fingerprint density at radius 1 is 1.45 bits per heavy atom. The van der Waals surface area contributed by atoms with Gasteiger partial charge in [0.2, 0.25) is 0 Å². The number of esters is 1. The number of methoxy groups -OCH3 is 1. The van der Waals surface area contributed by atoms with E-state index in [0.717, 1.165) is 5.82 Å². The Morgan fingerprint density at radius 3 is 2.85 bits per heavy atom. The van der Waals surface area contributed by atoms with Crippen LogP contribution in [0.5, 0.6) is 0 Å². The Morgan fingerprint density at radius 2 is 2.25 bits per heavy atom. The summed E-state index contributed by atoms with van der Waals surface area (Å²) in [7, 11) is 1.32. The number of hydrogen-bond donors (Lipinski definition) is 1. The molecule has 0 amide bonds. The van der Waals surface area contributed by atoms with E-state index in [2.05, 4.69) is 15.3 Å². The molecule has 20 heavy (non-hydrogen) atoms. The molecule has 108 valence electrons. The van der Waals surface area contributed by atoms with E-state index < -0.39 is 5.97 Å². The van der Waals surface area contributed by atoms with Crippen LogP contribution in [0.25, 0.3) is 0 Å². The van der Waals surface area contributed by atoms with Crippen LogP contribution in [-0.4, -0.2) is 44.2 Å².